The van der Waals surface area contributed by atoms with Crippen molar-refractivity contribution in [3.63, 3.8) is 0 Å². The quantitative estimate of drug-likeness (QED) is 0.604. The average Bonchev–Trinajstić information content (AvgIpc) is 2.42. The Hall–Kier alpha value is -0.880. The van der Waals surface area contributed by atoms with Crippen LogP contribution in [0.5, 0.6) is 0 Å². The molecule has 4 heteroatoms. The fourth-order valence-corrected chi connectivity index (χ4v) is 2.79. The summed E-state index contributed by atoms with van der Waals surface area (Å²) >= 11 is 2.25. The highest BCUT2D eigenvalue weighted by Crippen LogP contribution is 2.20. The van der Waals surface area contributed by atoms with Gasteiger partial charge >= 0.3 is 0 Å². The summed E-state index contributed by atoms with van der Waals surface area (Å²) in [6, 6.07) is 5.89. The average molecular weight is 371 g/mol. The fourth-order valence-electron chi connectivity index (χ4n) is 2.20. The Kier molecular flexibility index (Phi) is 4.99. The van der Waals surface area contributed by atoms with Crippen LogP contribution in [-0.2, 0) is 4.74 Å². The summed E-state index contributed by atoms with van der Waals surface area (Å²) < 4.78 is 6.18. The molecule has 2 rings (SSSR count). The fraction of sp³-hybridized carbons (Fsp3) is 0.400. The van der Waals surface area contributed by atoms with Gasteiger partial charge in [0.05, 0.1) is 12.2 Å². The Morgan fingerprint density at radius 3 is 2.89 bits per heavy atom. The molecule has 0 bridgehead atoms. The van der Waals surface area contributed by atoms with E-state index in [0.717, 1.165) is 27.7 Å². The molecule has 0 aromatic heterocycles. The Balaban J connectivity index is 2.12. The van der Waals surface area contributed by atoms with Crippen LogP contribution in [0.4, 0.5) is 0 Å². The molecule has 0 spiro atoms. The normalized spacial score (nSPS) is 15.3. The molecule has 0 atom stereocenters. The van der Waals surface area contributed by atoms with E-state index in [1.165, 1.54) is 5.57 Å². The summed E-state index contributed by atoms with van der Waals surface area (Å²) in [7, 11) is 1.70. The lowest BCUT2D eigenvalue weighted by atomic mass is 10.1. The van der Waals surface area contributed by atoms with Gasteiger partial charge in [-0.05, 0) is 53.1 Å². The molecule has 0 aliphatic carbocycles. The van der Waals surface area contributed by atoms with Crippen LogP contribution in [0.3, 0.4) is 0 Å². The third kappa shape index (κ3) is 3.36. The highest BCUT2D eigenvalue weighted by molar-refractivity contribution is 14.1. The van der Waals surface area contributed by atoms with Crippen molar-refractivity contribution >= 4 is 28.5 Å². The maximum Gasteiger partial charge on any atom is 0.255 e. The van der Waals surface area contributed by atoms with Gasteiger partial charge in [0.25, 0.3) is 5.91 Å². The van der Waals surface area contributed by atoms with Gasteiger partial charge in [-0.15, -0.1) is 0 Å². The zero-order chi connectivity index (χ0) is 13.8. The molecule has 102 valence electrons. The van der Waals surface area contributed by atoms with Gasteiger partial charge in [-0.2, -0.15) is 0 Å². The van der Waals surface area contributed by atoms with E-state index in [1.54, 1.807) is 7.11 Å². The van der Waals surface area contributed by atoms with E-state index >= 15 is 0 Å². The minimum atomic E-state index is 0.126. The number of methoxy groups -OCH3 is 1. The Morgan fingerprint density at radius 1 is 1.47 bits per heavy atom. The van der Waals surface area contributed by atoms with Crippen LogP contribution in [0.1, 0.15) is 22.3 Å². The number of carbonyl (C=O) groups excluding carboxylic acids is 1. The molecule has 1 aliphatic rings. The number of ether oxygens (including phenoxy) is 1. The van der Waals surface area contributed by atoms with Gasteiger partial charge in [-0.25, -0.2) is 0 Å². The lowest BCUT2D eigenvalue weighted by molar-refractivity contribution is 0.0763. The highest BCUT2D eigenvalue weighted by Gasteiger charge is 2.20. The van der Waals surface area contributed by atoms with Gasteiger partial charge in [-0.3, -0.25) is 4.79 Å². The predicted molar refractivity (Wildman–Crippen MR) is 84.4 cm³/mol. The lowest BCUT2D eigenvalue weighted by Crippen LogP contribution is -2.35. The van der Waals surface area contributed by atoms with Gasteiger partial charge < -0.3 is 9.64 Å². The first-order valence-corrected chi connectivity index (χ1v) is 7.42. The first kappa shape index (κ1) is 14.5. The number of rotatable bonds is 3. The number of halogens is 1. The number of aryl methyl sites for hydroxylation is 1. The monoisotopic (exact) mass is 371 g/mol. The zero-order valence-corrected chi connectivity index (χ0v) is 13.4. The number of benzene rings is 1. The molecule has 0 saturated heterocycles. The second-order valence-electron chi connectivity index (χ2n) is 4.73. The largest absolute Gasteiger partial charge is 0.380 e. The minimum Gasteiger partial charge on any atom is -0.380 e. The van der Waals surface area contributed by atoms with Crippen LogP contribution in [0.15, 0.2) is 29.8 Å². The van der Waals surface area contributed by atoms with Gasteiger partial charge in [0, 0.05) is 23.8 Å². The molecule has 1 aliphatic heterocycles. The summed E-state index contributed by atoms with van der Waals surface area (Å²) in [6.07, 6.45) is 3.01. The maximum absolute atomic E-state index is 12.5. The summed E-state index contributed by atoms with van der Waals surface area (Å²) in [5, 5.41) is 0. The molecule has 0 saturated carbocycles. The van der Waals surface area contributed by atoms with Crippen molar-refractivity contribution in [1.82, 2.24) is 4.90 Å². The Morgan fingerprint density at radius 2 is 2.26 bits per heavy atom. The van der Waals surface area contributed by atoms with Gasteiger partial charge in [-0.1, -0.05) is 18.2 Å². The predicted octanol–water partition coefficient (Wildman–Crippen LogP) is 3.02. The third-order valence-corrected chi connectivity index (χ3v) is 4.77. The van der Waals surface area contributed by atoms with Crippen molar-refractivity contribution in [2.24, 2.45) is 0 Å². The Bertz CT molecular complexity index is 511. The van der Waals surface area contributed by atoms with Gasteiger partial charge in [0.2, 0.25) is 0 Å². The molecule has 3 nitrogen and oxygen atoms in total. The van der Waals surface area contributed by atoms with Crippen LogP contribution < -0.4 is 0 Å². The smallest absolute Gasteiger partial charge is 0.255 e. The molecular formula is C15H18INO2. The standard InChI is InChI=1S/C15H18INO2/c1-11-4-3-5-13(14(11)16)15(18)17-8-6-12(7-9-17)10-19-2/h3-6H,7-10H2,1-2H3. The summed E-state index contributed by atoms with van der Waals surface area (Å²) in [6.45, 7) is 4.16. The van der Waals surface area contributed by atoms with E-state index in [1.807, 2.05) is 30.0 Å². The van der Waals surface area contributed by atoms with Crippen LogP contribution >= 0.6 is 22.6 Å². The summed E-state index contributed by atoms with van der Waals surface area (Å²) in [4.78, 5) is 14.4. The van der Waals surface area contributed by atoms with E-state index < -0.39 is 0 Å². The number of hydrogen-bond acceptors (Lipinski definition) is 2. The van der Waals surface area contributed by atoms with E-state index in [4.69, 9.17) is 4.74 Å². The highest BCUT2D eigenvalue weighted by atomic mass is 127. The lowest BCUT2D eigenvalue weighted by Gasteiger charge is -2.27. The van der Waals surface area contributed by atoms with Crippen molar-refractivity contribution in [1.29, 1.82) is 0 Å². The number of hydrogen-bond donors (Lipinski definition) is 0. The molecular weight excluding hydrogens is 353 g/mol. The molecule has 0 radical (unpaired) electrons. The molecule has 1 heterocycles. The van der Waals surface area contributed by atoms with E-state index in [-0.39, 0.29) is 5.91 Å². The molecule has 0 unspecified atom stereocenters. The molecule has 1 amide bonds. The zero-order valence-electron chi connectivity index (χ0n) is 11.3. The van der Waals surface area contributed by atoms with Crippen LogP contribution in [0, 0.1) is 10.5 Å². The number of amides is 1. The summed E-state index contributed by atoms with van der Waals surface area (Å²) in [5.74, 6) is 0.126. The first-order valence-electron chi connectivity index (χ1n) is 6.34. The molecule has 19 heavy (non-hydrogen) atoms. The van der Waals surface area contributed by atoms with Crippen molar-refractivity contribution in [3.8, 4) is 0 Å². The summed E-state index contributed by atoms with van der Waals surface area (Å²) in [5.41, 5.74) is 3.24. The number of nitrogens with zero attached hydrogens (tertiary/aromatic N) is 1. The molecule has 1 aromatic carbocycles. The minimum absolute atomic E-state index is 0.126. The second kappa shape index (κ2) is 6.52. The van der Waals surface area contributed by atoms with E-state index in [2.05, 4.69) is 28.7 Å². The van der Waals surface area contributed by atoms with Crippen molar-refractivity contribution in [2.75, 3.05) is 26.8 Å². The third-order valence-electron chi connectivity index (χ3n) is 3.34. The molecule has 0 fully saturated rings. The van der Waals surface area contributed by atoms with Gasteiger partial charge in [0.15, 0.2) is 0 Å². The first-order chi connectivity index (χ1) is 9.13. The molecule has 1 aromatic rings. The Labute approximate surface area is 127 Å². The van der Waals surface area contributed by atoms with Crippen molar-refractivity contribution < 1.29 is 9.53 Å². The number of carbonyl (C=O) groups is 1. The van der Waals surface area contributed by atoms with Crippen molar-refractivity contribution in [2.45, 2.75) is 13.3 Å². The second-order valence-corrected chi connectivity index (χ2v) is 5.81. The van der Waals surface area contributed by atoms with Crippen LogP contribution in [0.25, 0.3) is 0 Å². The topological polar surface area (TPSA) is 29.5 Å². The van der Waals surface area contributed by atoms with E-state index in [9.17, 15) is 4.79 Å². The maximum atomic E-state index is 12.5. The van der Waals surface area contributed by atoms with Crippen molar-refractivity contribution in [3.05, 3.63) is 44.5 Å². The van der Waals surface area contributed by atoms with Crippen LogP contribution in [-0.4, -0.2) is 37.6 Å². The van der Waals surface area contributed by atoms with Crippen LogP contribution in [0.2, 0.25) is 0 Å². The molecule has 0 N–H and O–H groups in total. The van der Waals surface area contributed by atoms with Gasteiger partial charge in [0.1, 0.15) is 0 Å². The SMILES string of the molecule is COCC1=CCN(C(=O)c2cccc(C)c2I)CC1. The van der Waals surface area contributed by atoms with E-state index in [0.29, 0.717) is 13.2 Å².